The van der Waals surface area contributed by atoms with E-state index in [1.54, 1.807) is 36.4 Å². The summed E-state index contributed by atoms with van der Waals surface area (Å²) in [6.45, 7) is 5.24. The number of benzene rings is 2. The van der Waals surface area contributed by atoms with E-state index in [9.17, 15) is 18.8 Å². The highest BCUT2D eigenvalue weighted by molar-refractivity contribution is 6.39. The number of hydrogen-bond donors (Lipinski definition) is 3. The molecule has 1 fully saturated rings. The van der Waals surface area contributed by atoms with Crippen LogP contribution in [0.1, 0.15) is 6.92 Å². The second-order valence-corrected chi connectivity index (χ2v) is 7.25. The molecule has 3 rings (SSSR count). The van der Waals surface area contributed by atoms with Crippen molar-refractivity contribution in [2.24, 2.45) is 0 Å². The molecule has 2 aromatic rings. The summed E-state index contributed by atoms with van der Waals surface area (Å²) in [6, 6.07) is 13.2. The van der Waals surface area contributed by atoms with Gasteiger partial charge in [-0.05, 0) is 36.4 Å². The van der Waals surface area contributed by atoms with Gasteiger partial charge >= 0.3 is 11.8 Å². The Balaban J connectivity index is 1.37. The molecule has 0 spiro atoms. The molecule has 164 valence electrons. The molecule has 1 aliphatic heterocycles. The molecule has 0 aliphatic carbocycles. The van der Waals surface area contributed by atoms with E-state index in [0.29, 0.717) is 43.2 Å². The monoisotopic (exact) mass is 427 g/mol. The summed E-state index contributed by atoms with van der Waals surface area (Å²) < 4.78 is 13.9. The van der Waals surface area contributed by atoms with E-state index in [1.807, 2.05) is 11.0 Å². The zero-order chi connectivity index (χ0) is 22.2. The summed E-state index contributed by atoms with van der Waals surface area (Å²) in [4.78, 5) is 39.3. The number of nitrogens with zero attached hydrogens (tertiary/aromatic N) is 2. The predicted octanol–water partition coefficient (Wildman–Crippen LogP) is 1.66. The zero-order valence-corrected chi connectivity index (χ0v) is 17.4. The molecule has 0 bridgehead atoms. The van der Waals surface area contributed by atoms with E-state index >= 15 is 0 Å². The quantitative estimate of drug-likeness (QED) is 0.610. The Hall–Kier alpha value is -3.46. The normalized spacial score (nSPS) is 14.1. The average molecular weight is 427 g/mol. The molecule has 0 unspecified atom stereocenters. The fourth-order valence-electron chi connectivity index (χ4n) is 3.36. The number of hydrogen-bond acceptors (Lipinski definition) is 5. The average Bonchev–Trinajstić information content (AvgIpc) is 2.75. The largest absolute Gasteiger partial charge is 0.367 e. The van der Waals surface area contributed by atoms with Crippen LogP contribution in [0.15, 0.2) is 48.5 Å². The molecule has 1 saturated heterocycles. The van der Waals surface area contributed by atoms with Crippen molar-refractivity contribution in [3.8, 4) is 0 Å². The minimum Gasteiger partial charge on any atom is -0.367 e. The first-order chi connectivity index (χ1) is 14.9. The van der Waals surface area contributed by atoms with Gasteiger partial charge in [0.1, 0.15) is 5.82 Å². The van der Waals surface area contributed by atoms with Gasteiger partial charge in [0, 0.05) is 57.6 Å². The van der Waals surface area contributed by atoms with Gasteiger partial charge < -0.3 is 20.9 Å². The minimum atomic E-state index is -0.753. The van der Waals surface area contributed by atoms with Crippen molar-refractivity contribution in [3.05, 3.63) is 54.3 Å². The molecule has 8 nitrogen and oxygen atoms in total. The van der Waals surface area contributed by atoms with Crippen LogP contribution in [0.4, 0.5) is 21.5 Å². The molecule has 2 aromatic carbocycles. The fraction of sp³-hybridized carbons (Fsp3) is 0.318. The molecular weight excluding hydrogens is 401 g/mol. The van der Waals surface area contributed by atoms with Gasteiger partial charge in [-0.15, -0.1) is 0 Å². The van der Waals surface area contributed by atoms with Crippen molar-refractivity contribution in [1.82, 2.24) is 10.2 Å². The van der Waals surface area contributed by atoms with Crippen molar-refractivity contribution < 1.29 is 18.8 Å². The first-order valence-electron chi connectivity index (χ1n) is 10.1. The first kappa shape index (κ1) is 22.2. The molecule has 0 saturated carbocycles. The lowest BCUT2D eigenvalue weighted by Crippen LogP contribution is -2.49. The minimum absolute atomic E-state index is 0.190. The third-order valence-electron chi connectivity index (χ3n) is 4.95. The Morgan fingerprint density at radius 3 is 2.10 bits per heavy atom. The molecule has 9 heteroatoms. The maximum atomic E-state index is 13.9. The standard InChI is InChI=1S/C22H26FN5O3/c1-16(29)25-17-6-8-18(9-7-17)26-22(31)21(30)24-10-11-27-12-14-28(15-13-27)20-5-3-2-4-19(20)23/h2-9H,10-15H2,1H3,(H,24,30)(H,25,29)(H,26,31). The Labute approximate surface area is 180 Å². The molecule has 0 aromatic heterocycles. The summed E-state index contributed by atoms with van der Waals surface area (Å²) in [6.07, 6.45) is 0. The molecule has 1 heterocycles. The van der Waals surface area contributed by atoms with Crippen LogP contribution in [0.3, 0.4) is 0 Å². The number of para-hydroxylation sites is 1. The smallest absolute Gasteiger partial charge is 0.313 e. The van der Waals surface area contributed by atoms with Crippen LogP contribution in [0, 0.1) is 5.82 Å². The van der Waals surface area contributed by atoms with Crippen molar-refractivity contribution in [1.29, 1.82) is 0 Å². The Bertz CT molecular complexity index is 927. The lowest BCUT2D eigenvalue weighted by molar-refractivity contribution is -0.136. The van der Waals surface area contributed by atoms with Crippen LogP contribution < -0.4 is 20.9 Å². The first-order valence-corrected chi connectivity index (χ1v) is 10.1. The van der Waals surface area contributed by atoms with Gasteiger partial charge in [-0.3, -0.25) is 19.3 Å². The highest BCUT2D eigenvalue weighted by Gasteiger charge is 2.20. The van der Waals surface area contributed by atoms with Gasteiger partial charge in [-0.1, -0.05) is 12.1 Å². The third-order valence-corrected chi connectivity index (χ3v) is 4.95. The number of carbonyl (C=O) groups excluding carboxylic acids is 3. The molecule has 31 heavy (non-hydrogen) atoms. The SMILES string of the molecule is CC(=O)Nc1ccc(NC(=O)C(=O)NCCN2CCN(c3ccccc3F)CC2)cc1. The highest BCUT2D eigenvalue weighted by Crippen LogP contribution is 2.20. The molecule has 0 radical (unpaired) electrons. The van der Waals surface area contributed by atoms with E-state index in [2.05, 4.69) is 20.9 Å². The number of rotatable bonds is 6. The van der Waals surface area contributed by atoms with Gasteiger partial charge in [0.15, 0.2) is 0 Å². The molecular formula is C22H26FN5O3. The lowest BCUT2D eigenvalue weighted by atomic mass is 10.2. The Kier molecular flexibility index (Phi) is 7.55. The van der Waals surface area contributed by atoms with Crippen molar-refractivity contribution in [2.45, 2.75) is 6.92 Å². The summed E-state index contributed by atoms with van der Waals surface area (Å²) in [5.74, 6) is -1.88. The summed E-state index contributed by atoms with van der Waals surface area (Å²) in [5.41, 5.74) is 1.67. The number of amides is 3. The molecule has 0 atom stereocenters. The summed E-state index contributed by atoms with van der Waals surface area (Å²) >= 11 is 0. The number of halogens is 1. The van der Waals surface area contributed by atoms with Gasteiger partial charge in [0.25, 0.3) is 0 Å². The number of carbonyl (C=O) groups is 3. The lowest BCUT2D eigenvalue weighted by Gasteiger charge is -2.36. The van der Waals surface area contributed by atoms with E-state index in [1.165, 1.54) is 13.0 Å². The van der Waals surface area contributed by atoms with Gasteiger partial charge in [-0.2, -0.15) is 0 Å². The maximum absolute atomic E-state index is 13.9. The number of piperazine rings is 1. The van der Waals surface area contributed by atoms with Crippen LogP contribution in [-0.2, 0) is 14.4 Å². The predicted molar refractivity (Wildman–Crippen MR) is 117 cm³/mol. The van der Waals surface area contributed by atoms with E-state index in [-0.39, 0.29) is 11.7 Å². The topological polar surface area (TPSA) is 93.8 Å². The van der Waals surface area contributed by atoms with Gasteiger partial charge in [0.2, 0.25) is 5.91 Å². The summed E-state index contributed by atoms with van der Waals surface area (Å²) in [5, 5.41) is 7.76. The third kappa shape index (κ3) is 6.51. The van der Waals surface area contributed by atoms with E-state index < -0.39 is 11.8 Å². The number of nitrogens with one attached hydrogen (secondary N) is 3. The van der Waals surface area contributed by atoms with Crippen LogP contribution in [-0.4, -0.2) is 61.9 Å². The fourth-order valence-corrected chi connectivity index (χ4v) is 3.36. The number of anilines is 3. The summed E-state index contributed by atoms with van der Waals surface area (Å²) in [7, 11) is 0. The van der Waals surface area contributed by atoms with Crippen LogP contribution >= 0.6 is 0 Å². The van der Waals surface area contributed by atoms with Crippen LogP contribution in [0.2, 0.25) is 0 Å². The van der Waals surface area contributed by atoms with E-state index in [0.717, 1.165) is 13.1 Å². The van der Waals surface area contributed by atoms with Gasteiger partial charge in [0.05, 0.1) is 5.69 Å². The van der Waals surface area contributed by atoms with Crippen LogP contribution in [0.25, 0.3) is 0 Å². The second-order valence-electron chi connectivity index (χ2n) is 7.25. The zero-order valence-electron chi connectivity index (χ0n) is 17.4. The van der Waals surface area contributed by atoms with Crippen molar-refractivity contribution in [3.63, 3.8) is 0 Å². The van der Waals surface area contributed by atoms with Crippen molar-refractivity contribution in [2.75, 3.05) is 54.8 Å². The second kappa shape index (κ2) is 10.5. The Morgan fingerprint density at radius 1 is 0.871 bits per heavy atom. The molecule has 3 amide bonds. The highest BCUT2D eigenvalue weighted by atomic mass is 19.1. The maximum Gasteiger partial charge on any atom is 0.313 e. The van der Waals surface area contributed by atoms with Gasteiger partial charge in [-0.25, -0.2) is 4.39 Å². The molecule has 1 aliphatic rings. The molecule has 3 N–H and O–H groups in total. The van der Waals surface area contributed by atoms with Crippen molar-refractivity contribution >= 4 is 34.8 Å². The van der Waals surface area contributed by atoms with E-state index in [4.69, 9.17) is 0 Å². The Morgan fingerprint density at radius 2 is 1.48 bits per heavy atom. The van der Waals surface area contributed by atoms with Crippen LogP contribution in [0.5, 0.6) is 0 Å².